The molecule has 1 aliphatic carbocycles. The average molecular weight is 321 g/mol. The number of alkyl halides is 2. The molecule has 1 aromatic heterocycles. The Bertz CT molecular complexity index is 670. The molecular weight excluding hydrogens is 300 g/mol. The molecule has 0 saturated heterocycles. The highest BCUT2D eigenvalue weighted by Gasteiger charge is 2.28. The molecule has 2 aromatic rings. The minimum Gasteiger partial charge on any atom is -0.388 e. The van der Waals surface area contributed by atoms with E-state index in [1.807, 2.05) is 6.07 Å². The SMILES string of the molecule is OC1(CNc2nc(C(F)F)nc3ccccc23)CCCCCC1. The Morgan fingerprint density at radius 2 is 1.78 bits per heavy atom. The summed E-state index contributed by atoms with van der Waals surface area (Å²) < 4.78 is 26.0. The van der Waals surface area contributed by atoms with Crippen LogP contribution in [0.3, 0.4) is 0 Å². The van der Waals surface area contributed by atoms with Gasteiger partial charge in [-0.25, -0.2) is 18.7 Å². The number of para-hydroxylation sites is 1. The first-order valence-electron chi connectivity index (χ1n) is 8.08. The third-order valence-corrected chi connectivity index (χ3v) is 4.43. The number of halogens is 2. The van der Waals surface area contributed by atoms with Gasteiger partial charge in [0.1, 0.15) is 5.82 Å². The summed E-state index contributed by atoms with van der Waals surface area (Å²) in [6, 6.07) is 7.06. The second-order valence-corrected chi connectivity index (χ2v) is 6.24. The van der Waals surface area contributed by atoms with Crippen molar-refractivity contribution in [1.82, 2.24) is 9.97 Å². The van der Waals surface area contributed by atoms with Crippen molar-refractivity contribution in [2.45, 2.75) is 50.6 Å². The molecule has 6 heteroatoms. The van der Waals surface area contributed by atoms with Crippen LogP contribution in [0.1, 0.15) is 50.8 Å². The van der Waals surface area contributed by atoms with Crippen molar-refractivity contribution in [2.75, 3.05) is 11.9 Å². The van der Waals surface area contributed by atoms with Gasteiger partial charge in [-0.05, 0) is 25.0 Å². The molecule has 1 aliphatic rings. The van der Waals surface area contributed by atoms with Crippen LogP contribution in [0, 0.1) is 0 Å². The lowest BCUT2D eigenvalue weighted by Crippen LogP contribution is -2.36. The molecule has 0 aliphatic heterocycles. The lowest BCUT2D eigenvalue weighted by atomic mass is 9.94. The van der Waals surface area contributed by atoms with E-state index in [1.165, 1.54) is 0 Å². The number of aromatic nitrogens is 2. The summed E-state index contributed by atoms with van der Waals surface area (Å²) in [4.78, 5) is 7.85. The summed E-state index contributed by atoms with van der Waals surface area (Å²) in [5.41, 5.74) is -0.318. The largest absolute Gasteiger partial charge is 0.388 e. The van der Waals surface area contributed by atoms with Crippen LogP contribution in [0.5, 0.6) is 0 Å². The van der Waals surface area contributed by atoms with E-state index in [9.17, 15) is 13.9 Å². The van der Waals surface area contributed by atoms with Gasteiger partial charge < -0.3 is 10.4 Å². The van der Waals surface area contributed by atoms with Crippen LogP contribution in [-0.2, 0) is 0 Å². The van der Waals surface area contributed by atoms with Crippen molar-refractivity contribution in [2.24, 2.45) is 0 Å². The third-order valence-electron chi connectivity index (χ3n) is 4.43. The van der Waals surface area contributed by atoms with Crippen molar-refractivity contribution in [3.63, 3.8) is 0 Å². The van der Waals surface area contributed by atoms with Gasteiger partial charge in [-0.15, -0.1) is 0 Å². The summed E-state index contributed by atoms with van der Waals surface area (Å²) in [7, 11) is 0. The first kappa shape index (κ1) is 16.1. The van der Waals surface area contributed by atoms with Crippen LogP contribution >= 0.6 is 0 Å². The molecule has 4 nitrogen and oxygen atoms in total. The minimum absolute atomic E-state index is 0.316. The smallest absolute Gasteiger partial charge is 0.297 e. The predicted octanol–water partition coefficient (Wildman–Crippen LogP) is 4.06. The Hall–Kier alpha value is -1.82. The van der Waals surface area contributed by atoms with Crippen LogP contribution in [0.15, 0.2) is 24.3 Å². The van der Waals surface area contributed by atoms with Gasteiger partial charge >= 0.3 is 0 Å². The summed E-state index contributed by atoms with van der Waals surface area (Å²) in [5.74, 6) is -0.123. The monoisotopic (exact) mass is 321 g/mol. The molecule has 1 aromatic carbocycles. The van der Waals surface area contributed by atoms with Crippen LogP contribution in [0.4, 0.5) is 14.6 Å². The van der Waals surface area contributed by atoms with E-state index in [0.717, 1.165) is 38.5 Å². The summed E-state index contributed by atoms with van der Waals surface area (Å²) in [6.45, 7) is 0.316. The number of nitrogens with zero attached hydrogens (tertiary/aromatic N) is 2. The highest BCUT2D eigenvalue weighted by Crippen LogP contribution is 2.29. The second kappa shape index (κ2) is 6.74. The molecule has 0 radical (unpaired) electrons. The van der Waals surface area contributed by atoms with Crippen LogP contribution < -0.4 is 5.32 Å². The van der Waals surface area contributed by atoms with Gasteiger partial charge in [0, 0.05) is 11.9 Å². The van der Waals surface area contributed by atoms with Crippen molar-refractivity contribution in [3.8, 4) is 0 Å². The van der Waals surface area contributed by atoms with Gasteiger partial charge in [0.2, 0.25) is 0 Å². The molecule has 1 fully saturated rings. The standard InChI is InChI=1S/C17H21F2N3O/c18-14(19)16-21-13-8-4-3-7-12(13)15(22-16)20-11-17(23)9-5-1-2-6-10-17/h3-4,7-8,14,23H,1-2,5-6,9-11H2,(H,20,21,22). The molecular formula is C17H21F2N3O. The Balaban J connectivity index is 1.86. The zero-order valence-corrected chi connectivity index (χ0v) is 12.9. The van der Waals surface area contributed by atoms with E-state index in [0.29, 0.717) is 23.3 Å². The zero-order valence-electron chi connectivity index (χ0n) is 12.9. The Morgan fingerprint density at radius 1 is 1.09 bits per heavy atom. The van der Waals surface area contributed by atoms with E-state index < -0.39 is 17.9 Å². The summed E-state index contributed by atoms with van der Waals surface area (Å²) in [6.07, 6.45) is 2.98. The quantitative estimate of drug-likeness (QED) is 0.834. The lowest BCUT2D eigenvalue weighted by molar-refractivity contribution is 0.0380. The number of benzene rings is 1. The highest BCUT2D eigenvalue weighted by molar-refractivity contribution is 5.89. The van der Waals surface area contributed by atoms with Gasteiger partial charge in [0.15, 0.2) is 5.82 Å². The maximum Gasteiger partial charge on any atom is 0.297 e. The first-order valence-corrected chi connectivity index (χ1v) is 8.08. The fraction of sp³-hybridized carbons (Fsp3) is 0.529. The van der Waals surface area contributed by atoms with Gasteiger partial charge in [-0.1, -0.05) is 37.8 Å². The highest BCUT2D eigenvalue weighted by atomic mass is 19.3. The number of hydrogen-bond acceptors (Lipinski definition) is 4. The molecule has 0 amide bonds. The van der Waals surface area contributed by atoms with Gasteiger partial charge in [-0.3, -0.25) is 0 Å². The average Bonchev–Trinajstić information content (AvgIpc) is 2.77. The van der Waals surface area contributed by atoms with E-state index in [-0.39, 0.29) is 0 Å². The third kappa shape index (κ3) is 3.75. The fourth-order valence-corrected chi connectivity index (χ4v) is 3.14. The number of fused-ring (bicyclic) bond motifs is 1. The number of hydrogen-bond donors (Lipinski definition) is 2. The van der Waals surface area contributed by atoms with Crippen LogP contribution in [-0.4, -0.2) is 27.2 Å². The summed E-state index contributed by atoms with van der Waals surface area (Å²) >= 11 is 0. The van der Waals surface area contributed by atoms with E-state index >= 15 is 0 Å². The topological polar surface area (TPSA) is 58.0 Å². The van der Waals surface area contributed by atoms with Crippen molar-refractivity contribution >= 4 is 16.7 Å². The number of nitrogens with one attached hydrogen (secondary N) is 1. The van der Waals surface area contributed by atoms with Crippen LogP contribution in [0.2, 0.25) is 0 Å². The lowest BCUT2D eigenvalue weighted by Gasteiger charge is -2.27. The molecule has 0 bridgehead atoms. The fourth-order valence-electron chi connectivity index (χ4n) is 3.14. The van der Waals surface area contributed by atoms with Crippen molar-refractivity contribution in [3.05, 3.63) is 30.1 Å². The number of anilines is 1. The van der Waals surface area contributed by atoms with E-state index in [2.05, 4.69) is 15.3 Å². The Kier molecular flexibility index (Phi) is 4.71. The second-order valence-electron chi connectivity index (χ2n) is 6.24. The van der Waals surface area contributed by atoms with Crippen molar-refractivity contribution in [1.29, 1.82) is 0 Å². The molecule has 23 heavy (non-hydrogen) atoms. The van der Waals surface area contributed by atoms with E-state index in [4.69, 9.17) is 0 Å². The Labute approximate surface area is 134 Å². The molecule has 0 spiro atoms. The predicted molar refractivity (Wildman–Crippen MR) is 85.6 cm³/mol. The van der Waals surface area contributed by atoms with Gasteiger partial charge in [0.25, 0.3) is 6.43 Å². The molecule has 1 saturated carbocycles. The van der Waals surface area contributed by atoms with Crippen molar-refractivity contribution < 1.29 is 13.9 Å². The number of rotatable bonds is 4. The van der Waals surface area contributed by atoms with Gasteiger partial charge in [0.05, 0.1) is 11.1 Å². The number of aliphatic hydroxyl groups is 1. The minimum atomic E-state index is -2.72. The molecule has 0 atom stereocenters. The summed E-state index contributed by atoms with van der Waals surface area (Å²) in [5, 5.41) is 14.5. The molecule has 0 unspecified atom stereocenters. The molecule has 124 valence electrons. The Morgan fingerprint density at radius 3 is 2.48 bits per heavy atom. The molecule has 3 rings (SSSR count). The van der Waals surface area contributed by atoms with Gasteiger partial charge in [-0.2, -0.15) is 0 Å². The zero-order chi connectivity index (χ0) is 16.3. The van der Waals surface area contributed by atoms with E-state index in [1.54, 1.807) is 18.2 Å². The first-order chi connectivity index (χ1) is 11.1. The molecule has 1 heterocycles. The van der Waals surface area contributed by atoms with Crippen LogP contribution in [0.25, 0.3) is 10.9 Å². The maximum absolute atomic E-state index is 13.0. The normalized spacial score (nSPS) is 18.1. The molecule has 2 N–H and O–H groups in total. The maximum atomic E-state index is 13.0.